The number of aromatic nitrogens is 5. The van der Waals surface area contributed by atoms with Gasteiger partial charge in [-0.25, -0.2) is 8.78 Å². The third-order valence-electron chi connectivity index (χ3n) is 3.00. The summed E-state index contributed by atoms with van der Waals surface area (Å²) in [6.45, 7) is 1.06. The molecule has 1 unspecified atom stereocenters. The van der Waals surface area contributed by atoms with Crippen molar-refractivity contribution in [3.8, 4) is 0 Å². The van der Waals surface area contributed by atoms with E-state index >= 15 is 0 Å². The summed E-state index contributed by atoms with van der Waals surface area (Å²) in [5.74, 6) is 0.255. The fourth-order valence-corrected chi connectivity index (χ4v) is 2.20. The van der Waals surface area contributed by atoms with Crippen LogP contribution in [0.25, 0.3) is 0 Å². The first kappa shape index (κ1) is 11.3. The standard InChI is InChI=1S/C10H12F2N6/c1-17-5-6(4-14-17)7-9-15-16-10(8(11)12)18(9)3-2-13-7/h4-5,7-8,13H,2-3H2,1H3. The normalized spacial score (nSPS) is 19.2. The number of fused-ring (bicyclic) bond motifs is 1. The summed E-state index contributed by atoms with van der Waals surface area (Å²) >= 11 is 0. The Morgan fingerprint density at radius 2 is 2.28 bits per heavy atom. The van der Waals surface area contributed by atoms with Crippen molar-refractivity contribution in [3.63, 3.8) is 0 Å². The minimum absolute atomic E-state index is 0.229. The Kier molecular flexibility index (Phi) is 2.58. The average Bonchev–Trinajstić information content (AvgIpc) is 2.94. The molecule has 0 aliphatic carbocycles. The minimum atomic E-state index is -2.60. The number of halogens is 2. The van der Waals surface area contributed by atoms with Crippen LogP contribution >= 0.6 is 0 Å². The van der Waals surface area contributed by atoms with Crippen molar-refractivity contribution in [1.29, 1.82) is 0 Å². The summed E-state index contributed by atoms with van der Waals surface area (Å²) in [6.07, 6.45) is 0.938. The third-order valence-corrected chi connectivity index (χ3v) is 3.00. The number of aryl methyl sites for hydroxylation is 1. The first-order chi connectivity index (χ1) is 8.66. The number of nitrogens with one attached hydrogen (secondary N) is 1. The highest BCUT2D eigenvalue weighted by atomic mass is 19.3. The summed E-state index contributed by atoms with van der Waals surface area (Å²) in [4.78, 5) is 0. The molecule has 2 aromatic rings. The smallest absolute Gasteiger partial charge is 0.297 e. The maximum absolute atomic E-state index is 12.8. The summed E-state index contributed by atoms with van der Waals surface area (Å²) in [7, 11) is 1.81. The molecule has 0 amide bonds. The van der Waals surface area contributed by atoms with Gasteiger partial charge in [0.25, 0.3) is 6.43 Å². The van der Waals surface area contributed by atoms with E-state index in [9.17, 15) is 8.78 Å². The van der Waals surface area contributed by atoms with Crippen LogP contribution in [0.15, 0.2) is 12.4 Å². The molecule has 18 heavy (non-hydrogen) atoms. The van der Waals surface area contributed by atoms with Gasteiger partial charge in [0.1, 0.15) is 0 Å². The lowest BCUT2D eigenvalue weighted by Crippen LogP contribution is -2.34. The van der Waals surface area contributed by atoms with Crippen LogP contribution in [0.4, 0.5) is 8.78 Å². The van der Waals surface area contributed by atoms with Crippen molar-refractivity contribution in [2.24, 2.45) is 7.05 Å². The molecule has 8 heteroatoms. The second kappa shape index (κ2) is 4.13. The van der Waals surface area contributed by atoms with Gasteiger partial charge in [-0.15, -0.1) is 10.2 Å². The molecule has 1 N–H and O–H groups in total. The van der Waals surface area contributed by atoms with E-state index in [1.807, 2.05) is 13.2 Å². The molecule has 0 saturated carbocycles. The van der Waals surface area contributed by atoms with E-state index in [0.29, 0.717) is 18.9 Å². The van der Waals surface area contributed by atoms with E-state index < -0.39 is 6.43 Å². The fraction of sp³-hybridized carbons (Fsp3) is 0.500. The maximum atomic E-state index is 12.8. The molecule has 6 nitrogen and oxygen atoms in total. The average molecular weight is 254 g/mol. The second-order valence-electron chi connectivity index (χ2n) is 4.20. The lowest BCUT2D eigenvalue weighted by atomic mass is 10.1. The Balaban J connectivity index is 2.02. The number of alkyl halides is 2. The van der Waals surface area contributed by atoms with Crippen molar-refractivity contribution in [1.82, 2.24) is 29.9 Å². The van der Waals surface area contributed by atoms with Gasteiger partial charge < -0.3 is 9.88 Å². The van der Waals surface area contributed by atoms with E-state index in [4.69, 9.17) is 0 Å². The number of hydrogen-bond acceptors (Lipinski definition) is 4. The second-order valence-corrected chi connectivity index (χ2v) is 4.20. The van der Waals surface area contributed by atoms with Crippen molar-refractivity contribution in [2.45, 2.75) is 19.0 Å². The zero-order valence-corrected chi connectivity index (χ0v) is 9.72. The number of rotatable bonds is 2. The Hall–Kier alpha value is -1.83. The molecule has 0 aromatic carbocycles. The first-order valence-corrected chi connectivity index (χ1v) is 5.60. The molecule has 3 rings (SSSR count). The Bertz CT molecular complexity index is 560. The van der Waals surface area contributed by atoms with Gasteiger partial charge in [0.15, 0.2) is 11.6 Å². The molecule has 1 atom stereocenters. The van der Waals surface area contributed by atoms with Crippen LogP contribution in [0.1, 0.15) is 29.7 Å². The molecule has 0 saturated heterocycles. The molecule has 0 radical (unpaired) electrons. The van der Waals surface area contributed by atoms with E-state index in [1.165, 1.54) is 4.57 Å². The molecule has 0 bridgehead atoms. The van der Waals surface area contributed by atoms with Crippen LogP contribution in [0.2, 0.25) is 0 Å². The van der Waals surface area contributed by atoms with Gasteiger partial charge in [-0.2, -0.15) is 5.10 Å². The van der Waals surface area contributed by atoms with Gasteiger partial charge in [0, 0.05) is 31.9 Å². The van der Waals surface area contributed by atoms with Gasteiger partial charge in [-0.05, 0) is 0 Å². The van der Waals surface area contributed by atoms with Crippen LogP contribution in [-0.4, -0.2) is 31.1 Å². The third kappa shape index (κ3) is 1.69. The van der Waals surface area contributed by atoms with Gasteiger partial charge in [0.2, 0.25) is 0 Å². The predicted molar refractivity (Wildman–Crippen MR) is 58.0 cm³/mol. The van der Waals surface area contributed by atoms with Crippen molar-refractivity contribution in [2.75, 3.05) is 6.54 Å². The quantitative estimate of drug-likeness (QED) is 0.854. The molecular weight excluding hydrogens is 242 g/mol. The van der Waals surface area contributed by atoms with Crippen LogP contribution in [0.3, 0.4) is 0 Å². The van der Waals surface area contributed by atoms with Crippen LogP contribution in [0.5, 0.6) is 0 Å². The van der Waals surface area contributed by atoms with Crippen molar-refractivity contribution >= 4 is 0 Å². The topological polar surface area (TPSA) is 60.6 Å². The van der Waals surface area contributed by atoms with Gasteiger partial charge in [0.05, 0.1) is 12.2 Å². The van der Waals surface area contributed by atoms with E-state index in [0.717, 1.165) is 5.56 Å². The molecule has 2 aromatic heterocycles. The Morgan fingerprint density at radius 1 is 1.44 bits per heavy atom. The molecule has 3 heterocycles. The number of nitrogens with zero attached hydrogens (tertiary/aromatic N) is 5. The highest BCUT2D eigenvalue weighted by Crippen LogP contribution is 2.26. The molecule has 1 aliphatic rings. The first-order valence-electron chi connectivity index (χ1n) is 5.60. The van der Waals surface area contributed by atoms with Crippen LogP contribution < -0.4 is 5.32 Å². The van der Waals surface area contributed by atoms with Crippen LogP contribution in [-0.2, 0) is 13.6 Å². The minimum Gasteiger partial charge on any atom is -0.307 e. The maximum Gasteiger partial charge on any atom is 0.297 e. The Morgan fingerprint density at radius 3 is 2.94 bits per heavy atom. The fourth-order valence-electron chi connectivity index (χ4n) is 2.20. The van der Waals surface area contributed by atoms with Gasteiger partial charge >= 0.3 is 0 Å². The van der Waals surface area contributed by atoms with E-state index in [1.54, 1.807) is 10.9 Å². The van der Waals surface area contributed by atoms with E-state index in [2.05, 4.69) is 20.6 Å². The lowest BCUT2D eigenvalue weighted by Gasteiger charge is -2.24. The molecule has 0 fully saturated rings. The highest BCUT2D eigenvalue weighted by Gasteiger charge is 2.29. The van der Waals surface area contributed by atoms with Gasteiger partial charge in [-0.3, -0.25) is 4.68 Å². The predicted octanol–water partition coefficient (Wildman–Crippen LogP) is 0.642. The Labute approximate surface area is 102 Å². The largest absolute Gasteiger partial charge is 0.307 e. The highest BCUT2D eigenvalue weighted by molar-refractivity contribution is 5.21. The van der Waals surface area contributed by atoms with Crippen molar-refractivity contribution < 1.29 is 8.78 Å². The summed E-state index contributed by atoms with van der Waals surface area (Å²) in [5, 5.41) is 14.8. The summed E-state index contributed by atoms with van der Waals surface area (Å²) < 4.78 is 28.7. The lowest BCUT2D eigenvalue weighted by molar-refractivity contribution is 0.133. The molecule has 1 aliphatic heterocycles. The van der Waals surface area contributed by atoms with Gasteiger partial charge in [-0.1, -0.05) is 0 Å². The monoisotopic (exact) mass is 254 g/mol. The van der Waals surface area contributed by atoms with Crippen LogP contribution in [0, 0.1) is 0 Å². The SMILES string of the molecule is Cn1cc(C2NCCn3c(C(F)F)nnc32)cn1. The summed E-state index contributed by atoms with van der Waals surface area (Å²) in [6, 6.07) is -0.229. The number of hydrogen-bond donors (Lipinski definition) is 1. The zero-order chi connectivity index (χ0) is 12.7. The molecule has 96 valence electrons. The van der Waals surface area contributed by atoms with Crippen molar-refractivity contribution in [3.05, 3.63) is 29.6 Å². The van der Waals surface area contributed by atoms with E-state index in [-0.39, 0.29) is 11.9 Å². The zero-order valence-electron chi connectivity index (χ0n) is 9.72. The summed E-state index contributed by atoms with van der Waals surface area (Å²) in [5.41, 5.74) is 0.895. The molecular formula is C10H12F2N6. The molecule has 0 spiro atoms.